The lowest BCUT2D eigenvalue weighted by atomic mass is 10.1. The van der Waals surface area contributed by atoms with Crippen molar-refractivity contribution in [2.75, 3.05) is 18.0 Å². The number of aromatic nitrogens is 1. The summed E-state index contributed by atoms with van der Waals surface area (Å²) in [7, 11) is 2.57. The van der Waals surface area contributed by atoms with Gasteiger partial charge in [-0.2, -0.15) is 0 Å². The summed E-state index contributed by atoms with van der Waals surface area (Å²) < 4.78 is 16.8. The molecule has 1 saturated heterocycles. The van der Waals surface area contributed by atoms with Gasteiger partial charge in [-0.3, -0.25) is 4.79 Å². The van der Waals surface area contributed by atoms with Gasteiger partial charge in [-0.05, 0) is 31.2 Å². The summed E-state index contributed by atoms with van der Waals surface area (Å²) in [5.74, 6) is -1.40. The monoisotopic (exact) mass is 375 g/mol. The van der Waals surface area contributed by atoms with Gasteiger partial charge >= 0.3 is 5.97 Å². The molecule has 0 spiro atoms. The first-order chi connectivity index (χ1) is 12.3. The number of rotatable bonds is 3. The van der Waals surface area contributed by atoms with Crippen molar-refractivity contribution in [2.45, 2.75) is 30.8 Å². The van der Waals surface area contributed by atoms with E-state index in [0.717, 1.165) is 19.3 Å². The SMILES string of the molecule is NC12CC1CN(c1c(F)cc3c(=O)c(C(=O)O)cn(C4CC4)c3c1P)C2. The molecule has 3 aliphatic rings. The van der Waals surface area contributed by atoms with E-state index in [4.69, 9.17) is 5.73 Å². The van der Waals surface area contributed by atoms with Gasteiger partial charge < -0.3 is 20.3 Å². The third kappa shape index (κ3) is 2.17. The molecule has 5 rings (SSSR count). The Morgan fingerprint density at radius 3 is 2.73 bits per heavy atom. The number of carbonyl (C=O) groups is 1. The van der Waals surface area contributed by atoms with Crippen LogP contribution in [0.3, 0.4) is 0 Å². The number of piperidine rings is 1. The topological polar surface area (TPSA) is 88.6 Å². The molecule has 2 aliphatic carbocycles. The van der Waals surface area contributed by atoms with Gasteiger partial charge in [-0.15, -0.1) is 9.24 Å². The van der Waals surface area contributed by atoms with Crippen LogP contribution in [0.1, 0.15) is 35.7 Å². The van der Waals surface area contributed by atoms with Crippen LogP contribution in [-0.4, -0.2) is 34.3 Å². The normalized spacial score (nSPS) is 27.0. The van der Waals surface area contributed by atoms with Gasteiger partial charge in [-0.25, -0.2) is 9.18 Å². The van der Waals surface area contributed by atoms with Gasteiger partial charge in [0.15, 0.2) is 0 Å². The first-order valence-electron chi connectivity index (χ1n) is 8.74. The molecule has 26 heavy (non-hydrogen) atoms. The fraction of sp³-hybridized carbons (Fsp3) is 0.444. The van der Waals surface area contributed by atoms with Gasteiger partial charge in [0.25, 0.3) is 0 Å². The average molecular weight is 375 g/mol. The van der Waals surface area contributed by atoms with E-state index in [1.54, 1.807) is 0 Å². The summed E-state index contributed by atoms with van der Waals surface area (Å²) in [5, 5.41) is 10.1. The van der Waals surface area contributed by atoms with Crippen LogP contribution in [0.25, 0.3) is 10.9 Å². The molecule has 0 radical (unpaired) electrons. The maximum Gasteiger partial charge on any atom is 0.341 e. The van der Waals surface area contributed by atoms with Crippen LogP contribution < -0.4 is 21.4 Å². The minimum absolute atomic E-state index is 0.120. The van der Waals surface area contributed by atoms with Crippen molar-refractivity contribution in [3.05, 3.63) is 33.9 Å². The maximum atomic E-state index is 15.0. The van der Waals surface area contributed by atoms with Crippen LogP contribution >= 0.6 is 9.24 Å². The number of hydrogen-bond acceptors (Lipinski definition) is 4. The highest BCUT2D eigenvalue weighted by Gasteiger charge is 2.57. The predicted molar refractivity (Wildman–Crippen MR) is 100.0 cm³/mol. The molecule has 6 nitrogen and oxygen atoms in total. The Kier molecular flexibility index (Phi) is 3.15. The lowest BCUT2D eigenvalue weighted by Crippen LogP contribution is -2.35. The number of benzene rings is 1. The fourth-order valence-corrected chi connectivity index (χ4v) is 4.94. The number of pyridine rings is 1. The Morgan fingerprint density at radius 1 is 1.42 bits per heavy atom. The maximum absolute atomic E-state index is 15.0. The zero-order valence-corrected chi connectivity index (χ0v) is 15.2. The molecular formula is C18H19FN3O3P. The van der Waals surface area contributed by atoms with Gasteiger partial charge in [0.05, 0.1) is 16.6 Å². The quantitative estimate of drug-likeness (QED) is 0.788. The highest BCUT2D eigenvalue weighted by Crippen LogP contribution is 2.49. The minimum atomic E-state index is -1.29. The van der Waals surface area contributed by atoms with Crippen molar-refractivity contribution in [1.82, 2.24) is 4.57 Å². The average Bonchev–Trinajstić information content (AvgIpc) is 3.47. The van der Waals surface area contributed by atoms with E-state index >= 15 is 0 Å². The number of nitrogens with zero attached hydrogens (tertiary/aromatic N) is 2. The Bertz CT molecular complexity index is 1050. The first-order valence-corrected chi connectivity index (χ1v) is 9.32. The molecule has 2 heterocycles. The zero-order chi connectivity index (χ0) is 18.4. The lowest BCUT2D eigenvalue weighted by Gasteiger charge is -2.26. The summed E-state index contributed by atoms with van der Waals surface area (Å²) in [4.78, 5) is 26.0. The Hall–Kier alpha value is -1.98. The number of hydrogen-bond donors (Lipinski definition) is 2. The van der Waals surface area contributed by atoms with Crippen molar-refractivity contribution in [3.8, 4) is 0 Å². The number of carboxylic acid groups (broad SMARTS) is 1. The molecule has 1 aromatic heterocycles. The largest absolute Gasteiger partial charge is 0.477 e. The molecule has 136 valence electrons. The molecule has 3 unspecified atom stereocenters. The number of halogens is 1. The number of carboxylic acids is 1. The second kappa shape index (κ2) is 5.05. The molecule has 2 saturated carbocycles. The Balaban J connectivity index is 1.77. The second-order valence-corrected chi connectivity index (χ2v) is 8.42. The smallest absolute Gasteiger partial charge is 0.341 e. The summed E-state index contributed by atoms with van der Waals surface area (Å²) in [6.45, 7) is 1.31. The third-order valence-electron chi connectivity index (χ3n) is 5.97. The Morgan fingerprint density at radius 2 is 2.15 bits per heavy atom. The van der Waals surface area contributed by atoms with Gasteiger partial charge in [0, 0.05) is 36.2 Å². The number of fused-ring (bicyclic) bond motifs is 2. The molecule has 2 aromatic rings. The van der Waals surface area contributed by atoms with Gasteiger partial charge in [0.2, 0.25) is 5.43 Å². The molecule has 8 heteroatoms. The van der Waals surface area contributed by atoms with E-state index in [9.17, 15) is 19.1 Å². The van der Waals surface area contributed by atoms with E-state index in [0.29, 0.717) is 35.5 Å². The molecule has 3 N–H and O–H groups in total. The van der Waals surface area contributed by atoms with Crippen molar-refractivity contribution in [1.29, 1.82) is 0 Å². The predicted octanol–water partition coefficient (Wildman–Crippen LogP) is 1.21. The Labute approximate surface area is 151 Å². The van der Waals surface area contributed by atoms with Crippen LogP contribution in [0.4, 0.5) is 10.1 Å². The van der Waals surface area contributed by atoms with Crippen molar-refractivity contribution < 1.29 is 14.3 Å². The van der Waals surface area contributed by atoms with Gasteiger partial charge in [-0.1, -0.05) is 0 Å². The van der Waals surface area contributed by atoms with Crippen LogP contribution in [-0.2, 0) is 0 Å². The molecular weight excluding hydrogens is 356 g/mol. The molecule has 0 bridgehead atoms. The van der Waals surface area contributed by atoms with E-state index in [1.807, 2.05) is 9.47 Å². The van der Waals surface area contributed by atoms with Crippen LogP contribution in [0, 0.1) is 11.7 Å². The van der Waals surface area contributed by atoms with E-state index in [1.165, 1.54) is 12.3 Å². The molecule has 3 fully saturated rings. The number of aromatic carboxylic acids is 1. The second-order valence-electron chi connectivity index (χ2n) is 7.85. The number of nitrogens with two attached hydrogens (primary N) is 1. The van der Waals surface area contributed by atoms with E-state index in [-0.39, 0.29) is 22.5 Å². The van der Waals surface area contributed by atoms with Crippen molar-refractivity contribution in [3.63, 3.8) is 0 Å². The first kappa shape index (κ1) is 16.2. The van der Waals surface area contributed by atoms with Crippen molar-refractivity contribution >= 4 is 37.1 Å². The van der Waals surface area contributed by atoms with Gasteiger partial charge in [0.1, 0.15) is 11.4 Å². The zero-order valence-electron chi connectivity index (χ0n) is 14.0. The molecule has 3 atom stereocenters. The number of anilines is 1. The summed E-state index contributed by atoms with van der Waals surface area (Å²) in [6, 6.07) is 1.35. The van der Waals surface area contributed by atoms with E-state index in [2.05, 4.69) is 9.24 Å². The molecule has 1 aliphatic heterocycles. The summed E-state index contributed by atoms with van der Waals surface area (Å²) in [5.41, 5.74) is 6.15. The van der Waals surface area contributed by atoms with E-state index < -0.39 is 17.2 Å². The fourth-order valence-electron chi connectivity index (χ4n) is 4.32. The van der Waals surface area contributed by atoms with Crippen molar-refractivity contribution in [2.24, 2.45) is 11.7 Å². The molecule has 0 amide bonds. The minimum Gasteiger partial charge on any atom is -0.477 e. The van der Waals surface area contributed by atoms with Crippen LogP contribution in [0.2, 0.25) is 0 Å². The highest BCUT2D eigenvalue weighted by atomic mass is 31.0. The third-order valence-corrected chi connectivity index (χ3v) is 6.52. The van der Waals surface area contributed by atoms with Crippen LogP contribution in [0.15, 0.2) is 17.1 Å². The molecule has 1 aromatic carbocycles. The summed E-state index contributed by atoms with van der Waals surface area (Å²) in [6.07, 6.45) is 4.22. The highest BCUT2D eigenvalue weighted by molar-refractivity contribution is 7.29. The summed E-state index contributed by atoms with van der Waals surface area (Å²) >= 11 is 0. The van der Waals surface area contributed by atoms with Crippen LogP contribution in [0.5, 0.6) is 0 Å². The lowest BCUT2D eigenvalue weighted by molar-refractivity contribution is 0.0695. The standard InChI is InChI=1S/C18H19FN3O3P/c19-12-3-10-13(16(26)14(12)21-5-8-4-18(8,20)7-21)22(9-1-2-9)6-11(15(10)23)17(24)25/h3,6,8-9H,1-2,4-5,7,20,26H2,(H,24,25).